The zero-order chi connectivity index (χ0) is 14.3. The zero-order valence-electron chi connectivity index (χ0n) is 12.5. The Morgan fingerprint density at radius 3 is 2.47 bits per heavy atom. The van der Waals surface area contributed by atoms with Gasteiger partial charge in [0.1, 0.15) is 0 Å². The van der Waals surface area contributed by atoms with Gasteiger partial charge in [-0.3, -0.25) is 4.79 Å². The van der Waals surface area contributed by atoms with Gasteiger partial charge in [-0.2, -0.15) is 0 Å². The third-order valence-corrected chi connectivity index (χ3v) is 3.51. The Hall–Kier alpha value is -1.35. The van der Waals surface area contributed by atoms with Crippen molar-refractivity contribution >= 4 is 5.91 Å². The minimum atomic E-state index is -0.0483. The lowest BCUT2D eigenvalue weighted by atomic mass is 9.84. The van der Waals surface area contributed by atoms with Crippen molar-refractivity contribution in [2.45, 2.75) is 45.6 Å². The van der Waals surface area contributed by atoms with E-state index in [1.165, 1.54) is 5.56 Å². The number of rotatable bonds is 7. The molecule has 106 valence electrons. The molecule has 0 aliphatic rings. The summed E-state index contributed by atoms with van der Waals surface area (Å²) >= 11 is 0. The van der Waals surface area contributed by atoms with E-state index < -0.39 is 0 Å². The maximum atomic E-state index is 11.8. The normalized spacial score (nSPS) is 13.1. The molecule has 19 heavy (non-hydrogen) atoms. The minimum absolute atomic E-state index is 0.0483. The molecule has 1 amide bonds. The molecule has 0 aliphatic carbocycles. The van der Waals surface area contributed by atoms with E-state index in [0.717, 1.165) is 6.42 Å². The quantitative estimate of drug-likeness (QED) is 0.792. The van der Waals surface area contributed by atoms with Crippen LogP contribution in [0, 0.1) is 0 Å². The fraction of sp³-hybridized carbons (Fsp3) is 0.562. The lowest BCUT2D eigenvalue weighted by Gasteiger charge is -2.25. The summed E-state index contributed by atoms with van der Waals surface area (Å²) in [5, 5.41) is 6.20. The molecule has 0 saturated carbocycles. The molecule has 3 heteroatoms. The van der Waals surface area contributed by atoms with Crippen LogP contribution in [0.3, 0.4) is 0 Å². The molecule has 0 saturated heterocycles. The Balaban J connectivity index is 2.41. The standard InChI is InChI=1S/C16H26N2O/c1-5-13(2)17-11-15(19)18-12-16(3,4)14-9-7-6-8-10-14/h6-10,13,17H,5,11-12H2,1-4H3,(H,18,19). The van der Waals surface area contributed by atoms with Crippen molar-refractivity contribution < 1.29 is 4.79 Å². The highest BCUT2D eigenvalue weighted by molar-refractivity contribution is 5.78. The van der Waals surface area contributed by atoms with Gasteiger partial charge in [0.15, 0.2) is 0 Å². The summed E-state index contributed by atoms with van der Waals surface area (Å²) in [6.07, 6.45) is 1.03. The van der Waals surface area contributed by atoms with E-state index in [-0.39, 0.29) is 11.3 Å². The van der Waals surface area contributed by atoms with E-state index in [9.17, 15) is 4.79 Å². The Kier molecular flexibility index (Phi) is 6.03. The summed E-state index contributed by atoms with van der Waals surface area (Å²) in [6, 6.07) is 10.7. The van der Waals surface area contributed by atoms with E-state index in [1.807, 2.05) is 18.2 Å². The largest absolute Gasteiger partial charge is 0.354 e. The van der Waals surface area contributed by atoms with Gasteiger partial charge in [-0.15, -0.1) is 0 Å². The highest BCUT2D eigenvalue weighted by Gasteiger charge is 2.20. The predicted molar refractivity (Wildman–Crippen MR) is 80.2 cm³/mol. The Bertz CT molecular complexity index is 387. The van der Waals surface area contributed by atoms with Gasteiger partial charge < -0.3 is 10.6 Å². The molecule has 1 aromatic carbocycles. The van der Waals surface area contributed by atoms with Crippen LogP contribution in [0.4, 0.5) is 0 Å². The molecule has 0 heterocycles. The van der Waals surface area contributed by atoms with E-state index in [0.29, 0.717) is 19.1 Å². The second-order valence-electron chi connectivity index (χ2n) is 5.72. The van der Waals surface area contributed by atoms with Gasteiger partial charge in [-0.25, -0.2) is 0 Å². The smallest absolute Gasteiger partial charge is 0.233 e. The first kappa shape index (κ1) is 15.7. The van der Waals surface area contributed by atoms with Crippen molar-refractivity contribution in [1.82, 2.24) is 10.6 Å². The molecule has 0 radical (unpaired) electrons. The van der Waals surface area contributed by atoms with Crippen LogP contribution in [-0.4, -0.2) is 25.0 Å². The lowest BCUT2D eigenvalue weighted by Crippen LogP contribution is -2.42. The summed E-state index contributed by atoms with van der Waals surface area (Å²) in [5.41, 5.74) is 1.19. The molecule has 1 unspecified atom stereocenters. The molecule has 0 aromatic heterocycles. The van der Waals surface area contributed by atoms with Crippen molar-refractivity contribution in [3.05, 3.63) is 35.9 Å². The predicted octanol–water partition coefficient (Wildman–Crippen LogP) is 2.47. The van der Waals surface area contributed by atoms with Gasteiger partial charge in [0.2, 0.25) is 5.91 Å². The average Bonchev–Trinajstić information content (AvgIpc) is 2.43. The SMILES string of the molecule is CCC(C)NCC(=O)NCC(C)(C)c1ccccc1. The fourth-order valence-electron chi connectivity index (χ4n) is 1.78. The van der Waals surface area contributed by atoms with Crippen LogP contribution in [0.25, 0.3) is 0 Å². The molecule has 0 fully saturated rings. The Morgan fingerprint density at radius 1 is 1.26 bits per heavy atom. The van der Waals surface area contributed by atoms with Crippen molar-refractivity contribution in [3.8, 4) is 0 Å². The van der Waals surface area contributed by atoms with Crippen molar-refractivity contribution in [2.24, 2.45) is 0 Å². The Morgan fingerprint density at radius 2 is 1.89 bits per heavy atom. The first-order valence-electron chi connectivity index (χ1n) is 7.01. The molecule has 0 bridgehead atoms. The highest BCUT2D eigenvalue weighted by Crippen LogP contribution is 2.21. The third-order valence-electron chi connectivity index (χ3n) is 3.51. The first-order chi connectivity index (χ1) is 8.95. The highest BCUT2D eigenvalue weighted by atomic mass is 16.1. The van der Waals surface area contributed by atoms with E-state index in [1.54, 1.807) is 0 Å². The van der Waals surface area contributed by atoms with E-state index in [2.05, 4.69) is 50.5 Å². The van der Waals surface area contributed by atoms with Crippen molar-refractivity contribution in [1.29, 1.82) is 0 Å². The molecule has 3 nitrogen and oxygen atoms in total. The second-order valence-corrected chi connectivity index (χ2v) is 5.72. The van der Waals surface area contributed by atoms with Gasteiger partial charge in [0, 0.05) is 18.0 Å². The summed E-state index contributed by atoms with van der Waals surface area (Å²) in [6.45, 7) is 9.52. The number of carbonyl (C=O) groups excluding carboxylic acids is 1. The maximum absolute atomic E-state index is 11.8. The van der Waals surface area contributed by atoms with Gasteiger partial charge >= 0.3 is 0 Å². The maximum Gasteiger partial charge on any atom is 0.233 e. The molecule has 1 atom stereocenters. The van der Waals surface area contributed by atoms with Crippen LogP contribution >= 0.6 is 0 Å². The van der Waals surface area contributed by atoms with Crippen LogP contribution in [0.15, 0.2) is 30.3 Å². The van der Waals surface area contributed by atoms with Crippen LogP contribution in [0.5, 0.6) is 0 Å². The van der Waals surface area contributed by atoms with Crippen LogP contribution < -0.4 is 10.6 Å². The molecule has 1 aromatic rings. The van der Waals surface area contributed by atoms with Gasteiger partial charge in [-0.05, 0) is 18.9 Å². The van der Waals surface area contributed by atoms with Crippen molar-refractivity contribution in [3.63, 3.8) is 0 Å². The molecule has 0 aliphatic heterocycles. The first-order valence-corrected chi connectivity index (χ1v) is 7.01. The molecule has 0 spiro atoms. The number of carbonyl (C=O) groups is 1. The van der Waals surface area contributed by atoms with Gasteiger partial charge in [0.25, 0.3) is 0 Å². The van der Waals surface area contributed by atoms with E-state index >= 15 is 0 Å². The Labute approximate surface area is 116 Å². The molecule has 2 N–H and O–H groups in total. The summed E-state index contributed by atoms with van der Waals surface area (Å²) in [4.78, 5) is 11.8. The summed E-state index contributed by atoms with van der Waals surface area (Å²) in [5.74, 6) is 0.0595. The topological polar surface area (TPSA) is 41.1 Å². The van der Waals surface area contributed by atoms with Crippen LogP contribution in [0.2, 0.25) is 0 Å². The molecular formula is C16H26N2O. The van der Waals surface area contributed by atoms with Crippen molar-refractivity contribution in [2.75, 3.05) is 13.1 Å². The zero-order valence-corrected chi connectivity index (χ0v) is 12.5. The second kappa shape index (κ2) is 7.29. The summed E-state index contributed by atoms with van der Waals surface area (Å²) in [7, 11) is 0. The number of hydrogen-bond donors (Lipinski definition) is 2. The number of nitrogens with one attached hydrogen (secondary N) is 2. The minimum Gasteiger partial charge on any atom is -0.354 e. The number of hydrogen-bond acceptors (Lipinski definition) is 2. The summed E-state index contributed by atoms with van der Waals surface area (Å²) < 4.78 is 0. The molecule has 1 rings (SSSR count). The van der Waals surface area contributed by atoms with Gasteiger partial charge in [0.05, 0.1) is 6.54 Å². The number of amides is 1. The molecular weight excluding hydrogens is 236 g/mol. The van der Waals surface area contributed by atoms with Crippen LogP contribution in [-0.2, 0) is 10.2 Å². The van der Waals surface area contributed by atoms with E-state index in [4.69, 9.17) is 0 Å². The van der Waals surface area contributed by atoms with Crippen LogP contribution in [0.1, 0.15) is 39.7 Å². The third kappa shape index (κ3) is 5.43. The monoisotopic (exact) mass is 262 g/mol. The number of benzene rings is 1. The fourth-order valence-corrected chi connectivity index (χ4v) is 1.78. The average molecular weight is 262 g/mol. The lowest BCUT2D eigenvalue weighted by molar-refractivity contribution is -0.120. The van der Waals surface area contributed by atoms with Gasteiger partial charge in [-0.1, -0.05) is 51.1 Å².